The second kappa shape index (κ2) is 4.68. The van der Waals surface area contributed by atoms with Crippen molar-refractivity contribution < 1.29 is 4.84 Å². The number of anilines is 1. The standard InChI is InChI=1S/C17H21N3OS/c1-19-17(11-12-2-4-14(17)5-3-12)21-18-20(19)15-6-7-16-13(10-15)8-9-22-16/h6-10,12,14,18H,2-5,11H2,1H3. The molecule has 2 aromatic rings. The Morgan fingerprint density at radius 1 is 1.23 bits per heavy atom. The van der Waals surface area contributed by atoms with E-state index in [2.05, 4.69) is 52.4 Å². The molecule has 1 aliphatic heterocycles. The molecule has 1 atom stereocenters. The van der Waals surface area contributed by atoms with Crippen LogP contribution in [0.4, 0.5) is 5.69 Å². The molecule has 3 aliphatic carbocycles. The molecule has 6 rings (SSSR count). The third-order valence-electron chi connectivity index (χ3n) is 5.90. The zero-order chi connectivity index (χ0) is 14.7. The summed E-state index contributed by atoms with van der Waals surface area (Å²) >= 11 is 1.79. The third kappa shape index (κ3) is 1.74. The van der Waals surface area contributed by atoms with E-state index in [1.165, 1.54) is 35.8 Å². The van der Waals surface area contributed by atoms with E-state index in [1.54, 1.807) is 11.3 Å². The molecule has 22 heavy (non-hydrogen) atoms. The van der Waals surface area contributed by atoms with Crippen molar-refractivity contribution >= 4 is 27.1 Å². The van der Waals surface area contributed by atoms with Crippen molar-refractivity contribution in [3.8, 4) is 0 Å². The molecule has 4 fully saturated rings. The topological polar surface area (TPSA) is 27.7 Å². The smallest absolute Gasteiger partial charge is 0.165 e. The monoisotopic (exact) mass is 315 g/mol. The quantitative estimate of drug-likeness (QED) is 0.863. The molecule has 1 spiro atoms. The first-order valence-electron chi connectivity index (χ1n) is 8.21. The number of nitrogens with one attached hydrogen (secondary N) is 1. The summed E-state index contributed by atoms with van der Waals surface area (Å²) in [5.41, 5.74) is 4.18. The van der Waals surface area contributed by atoms with Crippen LogP contribution in [0, 0.1) is 11.8 Å². The average molecular weight is 315 g/mol. The van der Waals surface area contributed by atoms with Gasteiger partial charge in [-0.25, -0.2) is 5.12 Å². The molecule has 4 nitrogen and oxygen atoms in total. The van der Waals surface area contributed by atoms with Gasteiger partial charge < -0.3 is 0 Å². The lowest BCUT2D eigenvalue weighted by molar-refractivity contribution is -0.193. The van der Waals surface area contributed by atoms with Gasteiger partial charge in [-0.05, 0) is 73.1 Å². The van der Waals surface area contributed by atoms with Gasteiger partial charge in [0.05, 0.1) is 5.69 Å². The maximum Gasteiger partial charge on any atom is 0.165 e. The van der Waals surface area contributed by atoms with E-state index in [4.69, 9.17) is 4.84 Å². The minimum atomic E-state index is -0.148. The third-order valence-corrected chi connectivity index (χ3v) is 6.80. The lowest BCUT2D eigenvalue weighted by atomic mass is 9.65. The fourth-order valence-corrected chi connectivity index (χ4v) is 5.42. The number of hydrazine groups is 2. The van der Waals surface area contributed by atoms with E-state index in [1.807, 2.05) is 0 Å². The van der Waals surface area contributed by atoms with Crippen LogP contribution in [0.3, 0.4) is 0 Å². The van der Waals surface area contributed by atoms with Crippen LogP contribution in [0.15, 0.2) is 29.6 Å². The number of nitrogens with zero attached hydrogens (tertiary/aromatic N) is 2. The van der Waals surface area contributed by atoms with Crippen LogP contribution in [-0.2, 0) is 4.84 Å². The SMILES string of the molecule is CN1N(c2ccc3sccc3c2)NOC12CC1CCC2CC1. The largest absolute Gasteiger partial charge is 0.256 e. The van der Waals surface area contributed by atoms with Crippen LogP contribution >= 0.6 is 11.3 Å². The zero-order valence-electron chi connectivity index (χ0n) is 12.8. The second-order valence-electron chi connectivity index (χ2n) is 6.94. The van der Waals surface area contributed by atoms with E-state index in [9.17, 15) is 0 Å². The fourth-order valence-electron chi connectivity index (χ4n) is 4.65. The Labute approximate surface area is 134 Å². The van der Waals surface area contributed by atoms with Gasteiger partial charge in [-0.3, -0.25) is 4.84 Å². The average Bonchev–Trinajstić information content (AvgIpc) is 3.14. The number of thiophene rings is 1. The lowest BCUT2D eigenvalue weighted by Crippen LogP contribution is -2.58. The Balaban J connectivity index is 1.49. The van der Waals surface area contributed by atoms with E-state index in [0.717, 1.165) is 18.0 Å². The van der Waals surface area contributed by atoms with E-state index in [-0.39, 0.29) is 5.72 Å². The Kier molecular flexibility index (Phi) is 2.83. The van der Waals surface area contributed by atoms with Crippen LogP contribution in [-0.4, -0.2) is 17.8 Å². The molecule has 2 heterocycles. The molecule has 0 radical (unpaired) electrons. The van der Waals surface area contributed by atoms with Crippen molar-refractivity contribution in [2.45, 2.75) is 37.8 Å². The Bertz CT molecular complexity index is 709. The number of hydrogen-bond acceptors (Lipinski definition) is 5. The highest BCUT2D eigenvalue weighted by Gasteiger charge is 2.56. The molecular formula is C17H21N3OS. The summed E-state index contributed by atoms with van der Waals surface area (Å²) in [6, 6.07) is 8.78. The van der Waals surface area contributed by atoms with Crippen LogP contribution in [0.2, 0.25) is 0 Å². The van der Waals surface area contributed by atoms with E-state index < -0.39 is 0 Å². The minimum Gasteiger partial charge on any atom is -0.256 e. The van der Waals surface area contributed by atoms with Gasteiger partial charge in [0, 0.05) is 17.7 Å². The molecule has 3 saturated carbocycles. The lowest BCUT2D eigenvalue weighted by Gasteiger charge is -2.50. The molecule has 1 saturated heterocycles. The molecular weight excluding hydrogens is 294 g/mol. The first-order chi connectivity index (χ1) is 10.8. The Morgan fingerprint density at radius 3 is 2.86 bits per heavy atom. The molecule has 1 aromatic carbocycles. The number of benzene rings is 1. The summed E-state index contributed by atoms with van der Waals surface area (Å²) < 4.78 is 1.33. The summed E-state index contributed by atoms with van der Waals surface area (Å²) in [6.07, 6.45) is 6.51. The molecule has 4 aliphatic rings. The van der Waals surface area contributed by atoms with E-state index >= 15 is 0 Å². The maximum atomic E-state index is 6.19. The van der Waals surface area contributed by atoms with E-state index in [0.29, 0.717) is 5.92 Å². The molecule has 1 unspecified atom stereocenters. The summed E-state index contributed by atoms with van der Waals surface area (Å²) in [6.45, 7) is 0. The highest BCUT2D eigenvalue weighted by atomic mass is 32.1. The van der Waals surface area contributed by atoms with Crippen molar-refractivity contribution in [3.05, 3.63) is 29.6 Å². The molecule has 0 amide bonds. The van der Waals surface area contributed by atoms with Crippen molar-refractivity contribution in [1.29, 1.82) is 0 Å². The number of fused-ring (bicyclic) bond motifs is 3. The Morgan fingerprint density at radius 2 is 2.09 bits per heavy atom. The fraction of sp³-hybridized carbons (Fsp3) is 0.529. The zero-order valence-corrected chi connectivity index (χ0v) is 13.6. The first-order valence-corrected chi connectivity index (χ1v) is 9.09. The number of rotatable bonds is 1. The van der Waals surface area contributed by atoms with Crippen LogP contribution in [0.1, 0.15) is 32.1 Å². The van der Waals surface area contributed by atoms with Gasteiger partial charge in [0.25, 0.3) is 0 Å². The predicted octanol–water partition coefficient (Wildman–Crippen LogP) is 3.91. The van der Waals surface area contributed by atoms with Gasteiger partial charge in [0.1, 0.15) is 0 Å². The predicted molar refractivity (Wildman–Crippen MR) is 89.1 cm³/mol. The van der Waals surface area contributed by atoms with Crippen LogP contribution in [0.25, 0.3) is 10.1 Å². The molecule has 1 N–H and O–H groups in total. The van der Waals surface area contributed by atoms with Crippen molar-refractivity contribution in [2.24, 2.45) is 11.8 Å². The molecule has 1 aromatic heterocycles. The summed E-state index contributed by atoms with van der Waals surface area (Å²) in [7, 11) is 2.17. The minimum absolute atomic E-state index is 0.148. The highest BCUT2D eigenvalue weighted by molar-refractivity contribution is 7.17. The highest BCUT2D eigenvalue weighted by Crippen LogP contribution is 2.52. The summed E-state index contributed by atoms with van der Waals surface area (Å²) in [5.74, 6) is 1.47. The maximum absolute atomic E-state index is 6.19. The summed E-state index contributed by atoms with van der Waals surface area (Å²) in [4.78, 5) is 6.19. The van der Waals surface area contributed by atoms with Crippen LogP contribution < -0.4 is 10.7 Å². The van der Waals surface area contributed by atoms with Gasteiger partial charge in [-0.2, -0.15) is 5.01 Å². The van der Waals surface area contributed by atoms with Gasteiger partial charge in [-0.1, -0.05) is 5.59 Å². The molecule has 2 bridgehead atoms. The Hall–Kier alpha value is -1.14. The van der Waals surface area contributed by atoms with Crippen molar-refractivity contribution in [2.75, 3.05) is 12.2 Å². The van der Waals surface area contributed by atoms with Crippen molar-refractivity contribution in [3.63, 3.8) is 0 Å². The molecule has 5 heteroatoms. The first kappa shape index (κ1) is 13.3. The molecule has 116 valence electrons. The second-order valence-corrected chi connectivity index (χ2v) is 7.89. The van der Waals surface area contributed by atoms with Crippen LogP contribution in [0.5, 0.6) is 0 Å². The summed E-state index contributed by atoms with van der Waals surface area (Å²) in [5, 5.41) is 7.82. The van der Waals surface area contributed by atoms with Gasteiger partial charge >= 0.3 is 0 Å². The van der Waals surface area contributed by atoms with Gasteiger partial charge in [0.15, 0.2) is 5.72 Å². The van der Waals surface area contributed by atoms with Gasteiger partial charge in [0.2, 0.25) is 0 Å². The number of hydrogen-bond donors (Lipinski definition) is 1. The normalized spacial score (nSPS) is 35.0. The van der Waals surface area contributed by atoms with Gasteiger partial charge in [-0.15, -0.1) is 11.3 Å². The van der Waals surface area contributed by atoms with Crippen molar-refractivity contribution in [1.82, 2.24) is 10.6 Å².